The Bertz CT molecular complexity index is 1680. The molecule has 0 amide bonds. The van der Waals surface area contributed by atoms with Crippen LogP contribution >= 0.6 is 31.9 Å². The molecule has 0 bridgehead atoms. The Hall–Kier alpha value is -3.42. The molecule has 0 aliphatic carbocycles. The van der Waals surface area contributed by atoms with Crippen LogP contribution in [0.25, 0.3) is 0 Å². The first-order valence-corrected chi connectivity index (χ1v) is 20.9. The molecule has 5 heterocycles. The Morgan fingerprint density at radius 2 is 0.927 bits per heavy atom. The molecule has 55 heavy (non-hydrogen) atoms. The van der Waals surface area contributed by atoms with E-state index >= 15 is 0 Å². The van der Waals surface area contributed by atoms with Crippen LogP contribution < -0.4 is 15.1 Å². The molecule has 5 saturated heterocycles. The molecule has 1 N–H and O–H groups in total. The molecule has 0 saturated carbocycles. The maximum absolute atomic E-state index is 10.6. The second kappa shape index (κ2) is 24.3. The second-order valence-corrected chi connectivity index (χ2v) is 15.4. The molecule has 0 unspecified atom stereocenters. The highest BCUT2D eigenvalue weighted by molar-refractivity contribution is 9.10. The van der Waals surface area contributed by atoms with Crippen molar-refractivity contribution in [2.24, 2.45) is 0 Å². The van der Waals surface area contributed by atoms with Gasteiger partial charge in [0.05, 0.1) is 26.4 Å². The van der Waals surface area contributed by atoms with Gasteiger partial charge in [-0.05, 0) is 100 Å². The SMILES string of the molecule is Brc1cccc(C2OCCO2)c1.C1CCNC1.O=Cc1cccc(Br)c1.O=Cc1cccc(N2CCCC2)c1.c1cc(C2OCCO2)cc(N2CCCC2)c1. The Kier molecular flexibility index (Phi) is 18.8. The van der Waals surface area contributed by atoms with Crippen LogP contribution in [0.2, 0.25) is 0 Å². The average molecular weight is 880 g/mol. The summed E-state index contributed by atoms with van der Waals surface area (Å²) in [5, 5.41) is 3.22. The minimum absolute atomic E-state index is 0.150. The van der Waals surface area contributed by atoms with Gasteiger partial charge in [0.15, 0.2) is 12.6 Å². The monoisotopic (exact) mass is 877 g/mol. The average Bonchev–Trinajstić information content (AvgIpc) is 4.09. The Labute approximate surface area is 342 Å². The fourth-order valence-corrected chi connectivity index (χ4v) is 7.41. The van der Waals surface area contributed by atoms with E-state index in [1.165, 1.54) is 76.1 Å². The van der Waals surface area contributed by atoms with Gasteiger partial charge >= 0.3 is 0 Å². The topological polar surface area (TPSA) is 89.6 Å². The van der Waals surface area contributed by atoms with Crippen molar-refractivity contribution in [2.45, 2.75) is 51.1 Å². The van der Waals surface area contributed by atoms with Gasteiger partial charge in [-0.2, -0.15) is 0 Å². The number of anilines is 2. The van der Waals surface area contributed by atoms with Gasteiger partial charge in [-0.15, -0.1) is 0 Å². The highest BCUT2D eigenvalue weighted by Crippen LogP contribution is 2.28. The lowest BCUT2D eigenvalue weighted by atomic mass is 10.2. The summed E-state index contributed by atoms with van der Waals surface area (Å²) in [5.41, 5.74) is 6.16. The van der Waals surface area contributed by atoms with E-state index in [9.17, 15) is 9.59 Å². The molecule has 0 atom stereocenters. The molecule has 294 valence electrons. The van der Waals surface area contributed by atoms with E-state index in [0.717, 1.165) is 51.3 Å². The number of hydrogen-bond donors (Lipinski definition) is 1. The molecule has 4 aromatic carbocycles. The third-order valence-electron chi connectivity index (χ3n) is 9.40. The normalized spacial score (nSPS) is 17.9. The van der Waals surface area contributed by atoms with Crippen molar-refractivity contribution in [2.75, 3.05) is 75.5 Å². The smallest absolute Gasteiger partial charge is 0.184 e. The fourth-order valence-electron chi connectivity index (χ4n) is 6.57. The van der Waals surface area contributed by atoms with Gasteiger partial charge in [0.25, 0.3) is 0 Å². The number of carbonyl (C=O) groups is 2. The molecular weight excluding hydrogens is 826 g/mol. The minimum atomic E-state index is -0.164. The zero-order valence-corrected chi connectivity index (χ0v) is 34.6. The third kappa shape index (κ3) is 14.9. The fraction of sp³-hybridized carbons (Fsp3) is 0.409. The Morgan fingerprint density at radius 3 is 1.36 bits per heavy atom. The summed E-state index contributed by atoms with van der Waals surface area (Å²) >= 11 is 6.64. The van der Waals surface area contributed by atoms with Gasteiger partial charge in [0, 0.05) is 68.8 Å². The molecule has 11 heteroatoms. The van der Waals surface area contributed by atoms with Gasteiger partial charge in [-0.1, -0.05) is 80.4 Å². The number of benzene rings is 4. The third-order valence-corrected chi connectivity index (χ3v) is 10.4. The summed E-state index contributed by atoms with van der Waals surface area (Å²) in [6.07, 6.45) is 9.34. The summed E-state index contributed by atoms with van der Waals surface area (Å²) in [6.45, 7) is 9.90. The molecule has 0 aromatic heterocycles. The second-order valence-electron chi connectivity index (χ2n) is 13.5. The highest BCUT2D eigenvalue weighted by atomic mass is 79.9. The van der Waals surface area contributed by atoms with E-state index in [0.29, 0.717) is 32.0 Å². The molecule has 9 nitrogen and oxygen atoms in total. The number of hydrogen-bond acceptors (Lipinski definition) is 9. The number of ether oxygens (including phenoxy) is 4. The number of aldehydes is 2. The van der Waals surface area contributed by atoms with Crippen molar-refractivity contribution in [3.63, 3.8) is 0 Å². The van der Waals surface area contributed by atoms with Crippen molar-refractivity contribution in [1.82, 2.24) is 5.32 Å². The van der Waals surface area contributed by atoms with Crippen LogP contribution in [-0.4, -0.2) is 78.3 Å². The molecule has 5 aliphatic rings. The highest BCUT2D eigenvalue weighted by Gasteiger charge is 2.20. The van der Waals surface area contributed by atoms with Crippen LogP contribution in [0.15, 0.2) is 106 Å². The lowest BCUT2D eigenvalue weighted by Gasteiger charge is -2.19. The lowest BCUT2D eigenvalue weighted by molar-refractivity contribution is -0.0443. The summed E-state index contributed by atoms with van der Waals surface area (Å²) < 4.78 is 23.7. The van der Waals surface area contributed by atoms with Gasteiger partial charge < -0.3 is 34.1 Å². The lowest BCUT2D eigenvalue weighted by Crippen LogP contribution is -2.17. The van der Waals surface area contributed by atoms with Crippen LogP contribution in [0.4, 0.5) is 11.4 Å². The van der Waals surface area contributed by atoms with E-state index in [4.69, 9.17) is 18.9 Å². The van der Waals surface area contributed by atoms with E-state index < -0.39 is 0 Å². The van der Waals surface area contributed by atoms with Crippen molar-refractivity contribution >= 4 is 55.8 Å². The predicted octanol–water partition coefficient (Wildman–Crippen LogP) is 9.56. The molecule has 0 radical (unpaired) electrons. The van der Waals surface area contributed by atoms with Gasteiger partial charge in [-0.3, -0.25) is 9.59 Å². The first-order valence-electron chi connectivity index (χ1n) is 19.3. The number of rotatable bonds is 6. The van der Waals surface area contributed by atoms with Crippen molar-refractivity contribution < 1.29 is 28.5 Å². The molecule has 4 aromatic rings. The molecule has 5 fully saturated rings. The Morgan fingerprint density at radius 1 is 0.509 bits per heavy atom. The van der Waals surface area contributed by atoms with Gasteiger partial charge in [0.2, 0.25) is 0 Å². The molecule has 9 rings (SSSR count). The largest absolute Gasteiger partial charge is 0.372 e. The maximum Gasteiger partial charge on any atom is 0.184 e. The summed E-state index contributed by atoms with van der Waals surface area (Å²) in [5.74, 6) is 0. The zero-order chi connectivity index (χ0) is 38.5. The first kappa shape index (κ1) is 42.7. The van der Waals surface area contributed by atoms with Crippen LogP contribution in [0.3, 0.4) is 0 Å². The molecular formula is C44H53Br2N3O6. The maximum atomic E-state index is 10.6. The predicted molar refractivity (Wildman–Crippen MR) is 226 cm³/mol. The van der Waals surface area contributed by atoms with Crippen LogP contribution in [0.5, 0.6) is 0 Å². The number of halogens is 2. The van der Waals surface area contributed by atoms with Crippen LogP contribution in [0, 0.1) is 0 Å². The Balaban J connectivity index is 0.000000137. The standard InChI is InChI=1S/C13H17NO2.C11H13NO.C9H9BrO2.C7H5BrO.C4H9N/c1-2-7-14(6-1)12-5-3-4-11(10-12)13-15-8-9-16-13;13-9-10-4-3-5-11(8-10)12-6-1-2-7-12;10-8-3-1-2-7(6-8)9-11-4-5-12-9;8-7-3-1-2-6(4-7)5-9;1-2-4-5-3-1/h3-5,10,13H,1-2,6-9H2;3-5,8-9H,1-2,6-7H2;1-3,6,9H,4-5H2;1-5H;5H,1-4H2. The molecule has 0 spiro atoms. The first-order chi connectivity index (χ1) is 27.0. The summed E-state index contributed by atoms with van der Waals surface area (Å²) in [4.78, 5) is 25.4. The molecule has 5 aliphatic heterocycles. The summed E-state index contributed by atoms with van der Waals surface area (Å²) in [7, 11) is 0. The van der Waals surface area contributed by atoms with Crippen LogP contribution in [0.1, 0.15) is 82.9 Å². The minimum Gasteiger partial charge on any atom is -0.372 e. The van der Waals surface area contributed by atoms with E-state index in [2.05, 4.69) is 77.3 Å². The van der Waals surface area contributed by atoms with Gasteiger partial charge in [-0.25, -0.2) is 0 Å². The quantitative estimate of drug-likeness (QED) is 0.190. The van der Waals surface area contributed by atoms with E-state index in [1.54, 1.807) is 12.1 Å². The van der Waals surface area contributed by atoms with Crippen molar-refractivity contribution in [3.05, 3.63) is 128 Å². The number of nitrogens with one attached hydrogen (secondary N) is 1. The van der Waals surface area contributed by atoms with Crippen molar-refractivity contribution in [3.8, 4) is 0 Å². The number of carbonyl (C=O) groups excluding carboxylic acids is 2. The number of nitrogens with zero attached hydrogens (tertiary/aromatic N) is 2. The van der Waals surface area contributed by atoms with Gasteiger partial charge in [0.1, 0.15) is 12.6 Å². The van der Waals surface area contributed by atoms with Crippen LogP contribution in [-0.2, 0) is 18.9 Å². The van der Waals surface area contributed by atoms with E-state index in [-0.39, 0.29) is 12.6 Å². The van der Waals surface area contributed by atoms with E-state index in [1.807, 2.05) is 54.6 Å². The summed E-state index contributed by atoms with van der Waals surface area (Å²) in [6, 6.07) is 31.6. The van der Waals surface area contributed by atoms with Crippen molar-refractivity contribution in [1.29, 1.82) is 0 Å². The zero-order valence-electron chi connectivity index (χ0n) is 31.5.